The molecule has 0 atom stereocenters. The maximum Gasteiger partial charge on any atom is 0.358 e. The van der Waals surface area contributed by atoms with E-state index in [0.29, 0.717) is 0 Å². The van der Waals surface area contributed by atoms with Crippen LogP contribution in [0.1, 0.15) is 6.92 Å². The summed E-state index contributed by atoms with van der Waals surface area (Å²) in [5.74, 6) is 4.46. The van der Waals surface area contributed by atoms with Gasteiger partial charge in [-0.25, -0.2) is 9.18 Å². The number of nitrogens with one attached hydrogen (secondary N) is 1. The molecule has 0 saturated carbocycles. The number of carbonyl (C=O) groups is 1. The summed E-state index contributed by atoms with van der Waals surface area (Å²) in [7, 11) is 0. The Hall–Kier alpha value is -2.51. The summed E-state index contributed by atoms with van der Waals surface area (Å²) in [5.41, 5.74) is 10.1. The average molecular weight is 347 g/mol. The summed E-state index contributed by atoms with van der Waals surface area (Å²) in [6, 6.07) is 13.7. The van der Waals surface area contributed by atoms with E-state index in [9.17, 15) is 9.18 Å². The van der Waals surface area contributed by atoms with E-state index in [2.05, 4.69) is 5.43 Å². The van der Waals surface area contributed by atoms with Gasteiger partial charge in [0, 0.05) is 4.90 Å². The Morgan fingerprint density at radius 3 is 2.17 bits per heavy atom. The maximum atomic E-state index is 13.0. The monoisotopic (exact) mass is 347 g/mol. The van der Waals surface area contributed by atoms with Gasteiger partial charge in [0.05, 0.1) is 6.61 Å². The van der Waals surface area contributed by atoms with Crippen LogP contribution < -0.4 is 17.0 Å². The molecule has 0 aliphatic rings. The van der Waals surface area contributed by atoms with Gasteiger partial charge in [0.1, 0.15) is 10.8 Å². The molecule has 2 rings (SSSR count). The van der Waals surface area contributed by atoms with Gasteiger partial charge in [0.15, 0.2) is 5.70 Å². The molecule has 0 bridgehead atoms. The lowest BCUT2D eigenvalue weighted by Gasteiger charge is -2.10. The minimum Gasteiger partial charge on any atom is -0.461 e. The van der Waals surface area contributed by atoms with Crippen LogP contribution in [0, 0.1) is 5.82 Å². The van der Waals surface area contributed by atoms with Crippen molar-refractivity contribution in [3.05, 3.63) is 65.1 Å². The standard InChI is InChI=1S/C17H18FN3O2S/c1-2-23-17(22)15(21-20)16(19)24-14-9-5-12(6-10-14)11-3-7-13(18)8-4-11/h3-10,21H,2,19-20H2,1H3/b16-15+. The predicted molar refractivity (Wildman–Crippen MR) is 92.9 cm³/mol. The zero-order chi connectivity index (χ0) is 17.5. The topological polar surface area (TPSA) is 90.4 Å². The third kappa shape index (κ3) is 4.50. The second kappa shape index (κ2) is 8.37. The SMILES string of the molecule is CCOC(=O)/C(NN)=C(/N)Sc1ccc(-c2ccc(F)cc2)cc1. The zero-order valence-corrected chi connectivity index (χ0v) is 13.9. The normalized spacial score (nSPS) is 11.6. The second-order valence-corrected chi connectivity index (χ2v) is 5.85. The first-order valence-corrected chi connectivity index (χ1v) is 8.04. The van der Waals surface area contributed by atoms with Crippen molar-refractivity contribution in [1.29, 1.82) is 0 Å². The lowest BCUT2D eigenvalue weighted by molar-refractivity contribution is -0.139. The van der Waals surface area contributed by atoms with Gasteiger partial charge in [-0.3, -0.25) is 5.84 Å². The number of esters is 1. The lowest BCUT2D eigenvalue weighted by atomic mass is 10.1. The van der Waals surface area contributed by atoms with Crippen LogP contribution in [0.15, 0.2) is 64.2 Å². The molecule has 0 aliphatic heterocycles. The van der Waals surface area contributed by atoms with Crippen molar-refractivity contribution in [2.45, 2.75) is 11.8 Å². The van der Waals surface area contributed by atoms with Crippen LogP contribution in [0.3, 0.4) is 0 Å². The van der Waals surface area contributed by atoms with E-state index < -0.39 is 5.97 Å². The smallest absolute Gasteiger partial charge is 0.358 e. The number of benzene rings is 2. The molecule has 5 nitrogen and oxygen atoms in total. The summed E-state index contributed by atoms with van der Waals surface area (Å²) in [6.07, 6.45) is 0. The molecule has 0 amide bonds. The molecule has 0 unspecified atom stereocenters. The van der Waals surface area contributed by atoms with E-state index in [-0.39, 0.29) is 23.2 Å². The van der Waals surface area contributed by atoms with Crippen molar-refractivity contribution in [3.63, 3.8) is 0 Å². The van der Waals surface area contributed by atoms with Crippen LogP contribution in [0.2, 0.25) is 0 Å². The molecule has 0 spiro atoms. The fourth-order valence-electron chi connectivity index (χ4n) is 1.97. The molecule has 0 radical (unpaired) electrons. The highest BCUT2D eigenvalue weighted by Crippen LogP contribution is 2.28. The minimum atomic E-state index is -0.604. The summed E-state index contributed by atoms with van der Waals surface area (Å²) < 4.78 is 17.8. The molecule has 24 heavy (non-hydrogen) atoms. The van der Waals surface area contributed by atoms with Crippen molar-refractivity contribution in [2.75, 3.05) is 6.61 Å². The van der Waals surface area contributed by atoms with Crippen LogP contribution >= 0.6 is 11.8 Å². The quantitative estimate of drug-likeness (QED) is 0.245. The van der Waals surface area contributed by atoms with E-state index in [1.807, 2.05) is 24.3 Å². The lowest BCUT2D eigenvalue weighted by Crippen LogP contribution is -2.30. The zero-order valence-electron chi connectivity index (χ0n) is 13.1. The van der Waals surface area contributed by atoms with Gasteiger partial charge in [-0.05, 0) is 42.3 Å². The van der Waals surface area contributed by atoms with Crippen molar-refractivity contribution in [2.24, 2.45) is 11.6 Å². The van der Waals surface area contributed by atoms with Crippen LogP contribution in [0.5, 0.6) is 0 Å². The first-order valence-electron chi connectivity index (χ1n) is 7.22. The van der Waals surface area contributed by atoms with Crippen LogP contribution in [-0.2, 0) is 9.53 Å². The summed E-state index contributed by atoms with van der Waals surface area (Å²) >= 11 is 1.19. The summed E-state index contributed by atoms with van der Waals surface area (Å²) in [4.78, 5) is 12.6. The average Bonchev–Trinajstić information content (AvgIpc) is 2.57. The number of hydrogen-bond acceptors (Lipinski definition) is 6. The van der Waals surface area contributed by atoms with Crippen molar-refractivity contribution < 1.29 is 13.9 Å². The van der Waals surface area contributed by atoms with E-state index in [1.165, 1.54) is 23.9 Å². The molecule has 5 N–H and O–H groups in total. The molecule has 126 valence electrons. The van der Waals surface area contributed by atoms with E-state index in [1.54, 1.807) is 19.1 Å². The number of thioether (sulfide) groups is 1. The van der Waals surface area contributed by atoms with E-state index >= 15 is 0 Å². The number of ether oxygens (including phenoxy) is 1. The Morgan fingerprint density at radius 2 is 1.67 bits per heavy atom. The summed E-state index contributed by atoms with van der Waals surface area (Å²) in [5, 5.41) is 0.213. The molecule has 0 aliphatic carbocycles. The number of hydrazine groups is 1. The molecule has 0 saturated heterocycles. The predicted octanol–water partition coefficient (Wildman–Crippen LogP) is 2.74. The van der Waals surface area contributed by atoms with Crippen molar-refractivity contribution in [3.8, 4) is 11.1 Å². The first kappa shape index (κ1) is 17.8. The Bertz CT molecular complexity index is 731. The molecule has 0 aromatic heterocycles. The Kier molecular flexibility index (Phi) is 6.22. The fraction of sp³-hybridized carbons (Fsp3) is 0.118. The molecule has 0 heterocycles. The van der Waals surface area contributed by atoms with Gasteiger partial charge < -0.3 is 15.9 Å². The molecular formula is C17H18FN3O2S. The van der Waals surface area contributed by atoms with E-state index in [0.717, 1.165) is 16.0 Å². The number of nitrogens with two attached hydrogens (primary N) is 2. The Balaban J connectivity index is 2.15. The fourth-order valence-corrected chi connectivity index (χ4v) is 2.74. The summed E-state index contributed by atoms with van der Waals surface area (Å²) in [6.45, 7) is 1.93. The number of carbonyl (C=O) groups excluding carboxylic acids is 1. The third-order valence-electron chi connectivity index (χ3n) is 3.13. The second-order valence-electron chi connectivity index (χ2n) is 4.74. The van der Waals surface area contributed by atoms with Gasteiger partial charge in [-0.1, -0.05) is 36.0 Å². The molecule has 2 aromatic rings. The Morgan fingerprint density at radius 1 is 1.12 bits per heavy atom. The highest BCUT2D eigenvalue weighted by Gasteiger charge is 2.14. The largest absolute Gasteiger partial charge is 0.461 e. The number of hydrogen-bond donors (Lipinski definition) is 3. The van der Waals surface area contributed by atoms with Gasteiger partial charge in [0.25, 0.3) is 0 Å². The van der Waals surface area contributed by atoms with E-state index in [4.69, 9.17) is 16.3 Å². The van der Waals surface area contributed by atoms with Gasteiger partial charge >= 0.3 is 5.97 Å². The van der Waals surface area contributed by atoms with Crippen molar-refractivity contribution in [1.82, 2.24) is 5.43 Å². The van der Waals surface area contributed by atoms with Crippen LogP contribution in [0.25, 0.3) is 11.1 Å². The van der Waals surface area contributed by atoms with Gasteiger partial charge in [0.2, 0.25) is 0 Å². The van der Waals surface area contributed by atoms with Gasteiger partial charge in [-0.15, -0.1) is 0 Å². The number of rotatable bonds is 6. The van der Waals surface area contributed by atoms with Crippen LogP contribution in [0.4, 0.5) is 4.39 Å². The highest BCUT2D eigenvalue weighted by molar-refractivity contribution is 8.03. The first-order chi connectivity index (χ1) is 11.5. The molecule has 0 fully saturated rings. The minimum absolute atomic E-state index is 0.0180. The molecule has 2 aromatic carbocycles. The van der Waals surface area contributed by atoms with Crippen molar-refractivity contribution >= 4 is 17.7 Å². The number of halogens is 1. The van der Waals surface area contributed by atoms with Crippen LogP contribution in [-0.4, -0.2) is 12.6 Å². The highest BCUT2D eigenvalue weighted by atomic mass is 32.2. The third-order valence-corrected chi connectivity index (χ3v) is 4.06. The molecular weight excluding hydrogens is 329 g/mol. The van der Waals surface area contributed by atoms with Gasteiger partial charge in [-0.2, -0.15) is 0 Å². The Labute approximate surface area is 143 Å². The maximum absolute atomic E-state index is 13.0. The molecule has 7 heteroatoms.